The van der Waals surface area contributed by atoms with Gasteiger partial charge >= 0.3 is 0 Å². The third kappa shape index (κ3) is 3.20. The highest BCUT2D eigenvalue weighted by Gasteiger charge is 2.07. The summed E-state index contributed by atoms with van der Waals surface area (Å²) in [7, 11) is 0. The minimum atomic E-state index is 0.0661. The quantitative estimate of drug-likeness (QED) is 0.596. The van der Waals surface area contributed by atoms with E-state index in [1.54, 1.807) is 13.0 Å². The third-order valence-corrected chi connectivity index (χ3v) is 2.65. The molecule has 0 atom stereocenters. The van der Waals surface area contributed by atoms with Crippen LogP contribution in [0.4, 0.5) is 0 Å². The van der Waals surface area contributed by atoms with Crippen LogP contribution in [0.5, 0.6) is 5.75 Å². The van der Waals surface area contributed by atoms with E-state index >= 15 is 0 Å². The molecular formula is C16H16O2. The van der Waals surface area contributed by atoms with Crippen molar-refractivity contribution in [2.24, 2.45) is 0 Å². The highest BCUT2D eigenvalue weighted by atomic mass is 16.5. The number of ketones is 1. The van der Waals surface area contributed by atoms with Crippen LogP contribution in [0.15, 0.2) is 53.6 Å². The Morgan fingerprint density at radius 3 is 2.83 bits per heavy atom. The number of carbonyl (C=O) groups is 1. The Hall–Kier alpha value is -2.09. The minimum absolute atomic E-state index is 0.0661. The smallest absolute Gasteiger partial charge is 0.152 e. The van der Waals surface area contributed by atoms with E-state index in [4.69, 9.17) is 4.74 Å². The molecule has 0 fully saturated rings. The van der Waals surface area contributed by atoms with Crippen molar-refractivity contribution in [1.29, 1.82) is 0 Å². The predicted molar refractivity (Wildman–Crippen MR) is 73.5 cm³/mol. The molecular weight excluding hydrogens is 224 g/mol. The maximum absolute atomic E-state index is 10.9. The Morgan fingerprint density at radius 2 is 2.06 bits per heavy atom. The first kappa shape index (κ1) is 12.4. The first-order valence-electron chi connectivity index (χ1n) is 5.94. The van der Waals surface area contributed by atoms with Gasteiger partial charge in [0.1, 0.15) is 12.4 Å². The summed E-state index contributed by atoms with van der Waals surface area (Å²) in [4.78, 5) is 10.9. The van der Waals surface area contributed by atoms with E-state index in [-0.39, 0.29) is 5.78 Å². The van der Waals surface area contributed by atoms with Crippen molar-refractivity contribution < 1.29 is 9.53 Å². The first-order chi connectivity index (χ1) is 8.65. The Bertz CT molecular complexity index is 548. The van der Waals surface area contributed by atoms with Crippen LogP contribution in [0.2, 0.25) is 0 Å². The number of carbonyl (C=O) groups excluding carboxylic acids is 1. The van der Waals surface area contributed by atoms with E-state index in [0.717, 1.165) is 22.5 Å². The maximum atomic E-state index is 10.9. The fraction of sp³-hybridized carbons (Fsp3) is 0.188. The molecule has 2 nitrogen and oxygen atoms in total. The molecule has 18 heavy (non-hydrogen) atoms. The van der Waals surface area contributed by atoms with Gasteiger partial charge in [0.2, 0.25) is 0 Å². The van der Waals surface area contributed by atoms with Crippen LogP contribution in [-0.2, 0) is 4.79 Å². The van der Waals surface area contributed by atoms with Gasteiger partial charge in [0.15, 0.2) is 5.78 Å². The Kier molecular flexibility index (Phi) is 3.78. The van der Waals surface area contributed by atoms with Gasteiger partial charge in [0.25, 0.3) is 0 Å². The largest absolute Gasteiger partial charge is 0.488 e. The number of hydrogen-bond acceptors (Lipinski definition) is 2. The number of rotatable bonds is 3. The van der Waals surface area contributed by atoms with Crippen molar-refractivity contribution in [3.63, 3.8) is 0 Å². The zero-order valence-corrected chi connectivity index (χ0v) is 10.6. The number of fused-ring (bicyclic) bond motifs is 1. The van der Waals surface area contributed by atoms with Crippen molar-refractivity contribution in [2.45, 2.75) is 13.8 Å². The molecule has 0 unspecified atom stereocenters. The molecule has 2 heteroatoms. The lowest BCUT2D eigenvalue weighted by Crippen LogP contribution is -2.05. The number of ether oxygens (including phenoxy) is 1. The van der Waals surface area contributed by atoms with Gasteiger partial charge in [-0.25, -0.2) is 0 Å². The third-order valence-electron chi connectivity index (χ3n) is 2.65. The topological polar surface area (TPSA) is 26.3 Å². The average molecular weight is 240 g/mol. The van der Waals surface area contributed by atoms with E-state index in [9.17, 15) is 4.79 Å². The summed E-state index contributed by atoms with van der Waals surface area (Å²) in [6.45, 7) is 4.04. The molecule has 0 aliphatic carbocycles. The van der Waals surface area contributed by atoms with Gasteiger partial charge in [-0.1, -0.05) is 30.4 Å². The lowest BCUT2D eigenvalue weighted by Gasteiger charge is -2.15. The monoisotopic (exact) mass is 240 g/mol. The van der Waals surface area contributed by atoms with Gasteiger partial charge < -0.3 is 4.74 Å². The highest BCUT2D eigenvalue weighted by molar-refractivity contribution is 5.88. The fourth-order valence-corrected chi connectivity index (χ4v) is 1.84. The molecule has 0 N–H and O–H groups in total. The van der Waals surface area contributed by atoms with E-state index < -0.39 is 0 Å². The van der Waals surface area contributed by atoms with E-state index in [1.807, 2.05) is 43.3 Å². The predicted octanol–water partition coefficient (Wildman–Crippen LogP) is 3.55. The average Bonchev–Trinajstić information content (AvgIpc) is 2.35. The van der Waals surface area contributed by atoms with Crippen LogP contribution in [0.1, 0.15) is 19.4 Å². The summed E-state index contributed by atoms with van der Waals surface area (Å²) in [6, 6.07) is 7.95. The summed E-state index contributed by atoms with van der Waals surface area (Å²) in [6.07, 6.45) is 7.65. The van der Waals surface area contributed by atoms with Crippen molar-refractivity contribution in [1.82, 2.24) is 0 Å². The van der Waals surface area contributed by atoms with Crippen molar-refractivity contribution in [3.8, 4) is 5.75 Å². The standard InChI is InChI=1S/C16H16O2/c1-12(9-13(2)17)7-8-14-10-15-5-3-4-6-16(15)18-11-14/h3-10H,11H2,1-2H3/b8-7+,12-9+. The molecule has 0 saturated carbocycles. The van der Waals surface area contributed by atoms with Crippen LogP contribution in [0.3, 0.4) is 0 Å². The molecule has 1 aliphatic rings. The molecule has 1 aromatic rings. The van der Waals surface area contributed by atoms with Gasteiger partial charge in [0.05, 0.1) is 0 Å². The Balaban J connectivity index is 2.15. The summed E-state index contributed by atoms with van der Waals surface area (Å²) in [5.41, 5.74) is 3.14. The van der Waals surface area contributed by atoms with E-state index in [2.05, 4.69) is 6.08 Å². The van der Waals surface area contributed by atoms with Gasteiger partial charge in [-0.2, -0.15) is 0 Å². The second-order valence-corrected chi connectivity index (χ2v) is 4.38. The first-order valence-corrected chi connectivity index (χ1v) is 5.94. The molecule has 0 spiro atoms. The molecule has 1 aromatic carbocycles. The molecule has 0 amide bonds. The molecule has 1 aliphatic heterocycles. The van der Waals surface area contributed by atoms with Crippen molar-refractivity contribution >= 4 is 11.9 Å². The normalized spacial score (nSPS) is 15.0. The van der Waals surface area contributed by atoms with Crippen LogP contribution in [-0.4, -0.2) is 12.4 Å². The number of benzene rings is 1. The molecule has 2 rings (SSSR count). The molecule has 0 aromatic heterocycles. The summed E-state index contributed by atoms with van der Waals surface area (Å²) in [5.74, 6) is 0.988. The lowest BCUT2D eigenvalue weighted by atomic mass is 10.1. The number of para-hydroxylation sites is 1. The van der Waals surface area contributed by atoms with Gasteiger partial charge in [-0.15, -0.1) is 0 Å². The van der Waals surface area contributed by atoms with E-state index in [1.165, 1.54) is 0 Å². The van der Waals surface area contributed by atoms with Gasteiger partial charge in [-0.3, -0.25) is 4.79 Å². The highest BCUT2D eigenvalue weighted by Crippen LogP contribution is 2.26. The SMILES string of the molecule is CC(=O)/C=C(C)/C=C/C1=Cc2ccccc2OC1. The van der Waals surface area contributed by atoms with Crippen LogP contribution >= 0.6 is 0 Å². The zero-order chi connectivity index (χ0) is 13.0. The van der Waals surface area contributed by atoms with Crippen LogP contribution < -0.4 is 4.74 Å². The Morgan fingerprint density at radius 1 is 1.28 bits per heavy atom. The zero-order valence-electron chi connectivity index (χ0n) is 10.6. The maximum Gasteiger partial charge on any atom is 0.152 e. The van der Waals surface area contributed by atoms with Crippen molar-refractivity contribution in [2.75, 3.05) is 6.61 Å². The summed E-state index contributed by atoms with van der Waals surface area (Å²) < 4.78 is 5.64. The van der Waals surface area contributed by atoms with Gasteiger partial charge in [-0.05, 0) is 43.2 Å². The van der Waals surface area contributed by atoms with Crippen LogP contribution in [0.25, 0.3) is 6.08 Å². The molecule has 0 radical (unpaired) electrons. The summed E-state index contributed by atoms with van der Waals surface area (Å²) in [5, 5.41) is 0. The second kappa shape index (κ2) is 5.50. The molecule has 0 bridgehead atoms. The Labute approximate surface area is 107 Å². The fourth-order valence-electron chi connectivity index (χ4n) is 1.84. The lowest BCUT2D eigenvalue weighted by molar-refractivity contribution is -0.112. The molecule has 1 heterocycles. The second-order valence-electron chi connectivity index (χ2n) is 4.38. The van der Waals surface area contributed by atoms with Crippen LogP contribution in [0, 0.1) is 0 Å². The van der Waals surface area contributed by atoms with Crippen molar-refractivity contribution in [3.05, 3.63) is 59.2 Å². The molecule has 92 valence electrons. The molecule has 0 saturated heterocycles. The number of allylic oxidation sites excluding steroid dienone is 3. The van der Waals surface area contributed by atoms with Gasteiger partial charge in [0, 0.05) is 5.56 Å². The van der Waals surface area contributed by atoms with E-state index in [0.29, 0.717) is 6.61 Å². The summed E-state index contributed by atoms with van der Waals surface area (Å²) >= 11 is 0. The number of hydrogen-bond donors (Lipinski definition) is 0. The minimum Gasteiger partial charge on any atom is -0.488 e.